The van der Waals surface area contributed by atoms with Gasteiger partial charge in [-0.15, -0.1) is 0 Å². The van der Waals surface area contributed by atoms with Gasteiger partial charge in [-0.25, -0.2) is 0 Å². The highest BCUT2D eigenvalue weighted by Gasteiger charge is 2.29. The second-order valence-corrected chi connectivity index (χ2v) is 3.34. The summed E-state index contributed by atoms with van der Waals surface area (Å²) < 4.78 is 14.9. The van der Waals surface area contributed by atoms with Gasteiger partial charge in [0.25, 0.3) is 0 Å². The Morgan fingerprint density at radius 2 is 1.00 bits per heavy atom. The second-order valence-electron chi connectivity index (χ2n) is 3.34. The predicted octanol–water partition coefficient (Wildman–Crippen LogP) is 5.49. The monoisotopic (exact) mass is 250 g/mol. The van der Waals surface area contributed by atoms with Gasteiger partial charge in [-0.05, 0) is 24.7 Å². The van der Waals surface area contributed by atoms with E-state index in [4.69, 9.17) is 4.74 Å². The highest BCUT2D eigenvalue weighted by atomic mass is 19.1. The Kier molecular flexibility index (Phi) is 27.6. The van der Waals surface area contributed by atoms with E-state index in [2.05, 4.69) is 0 Å². The van der Waals surface area contributed by atoms with Gasteiger partial charge in [0.1, 0.15) is 0 Å². The standard InChI is InChI=1S/C8H14O.3C2H6.CH3F/c1-2-4-8-6-9-5-7(8)3-1;4*1-2/h7-8H,1-6H2;3*1-2H3;1H3. The summed E-state index contributed by atoms with van der Waals surface area (Å²) in [4.78, 5) is 0. The smallest absolute Gasteiger partial charge is 0.0785 e. The maximum Gasteiger partial charge on any atom is 0.0785 e. The maximum absolute atomic E-state index is 9.50. The normalized spacial score (nSPS) is 24.0. The lowest BCUT2D eigenvalue weighted by molar-refractivity contribution is 0.181. The topological polar surface area (TPSA) is 9.23 Å². The van der Waals surface area contributed by atoms with Crippen LogP contribution in [-0.2, 0) is 4.74 Å². The van der Waals surface area contributed by atoms with Crippen LogP contribution in [0.15, 0.2) is 0 Å². The molecule has 17 heavy (non-hydrogen) atoms. The average molecular weight is 250 g/mol. The summed E-state index contributed by atoms with van der Waals surface area (Å²) in [5.74, 6) is 1.89. The van der Waals surface area contributed by atoms with Crippen molar-refractivity contribution in [2.45, 2.75) is 67.2 Å². The largest absolute Gasteiger partial charge is 0.381 e. The highest BCUT2D eigenvalue weighted by molar-refractivity contribution is 4.78. The van der Waals surface area contributed by atoms with E-state index >= 15 is 0 Å². The van der Waals surface area contributed by atoms with E-state index in [9.17, 15) is 4.39 Å². The Bertz CT molecular complexity index is 95.1. The molecule has 108 valence electrons. The van der Waals surface area contributed by atoms with Crippen molar-refractivity contribution in [2.75, 3.05) is 20.4 Å². The third-order valence-corrected chi connectivity index (χ3v) is 2.73. The molecule has 0 spiro atoms. The molecule has 1 saturated heterocycles. The molecule has 0 amide bonds. The summed E-state index contributed by atoms with van der Waals surface area (Å²) in [5.41, 5.74) is 0. The lowest BCUT2D eigenvalue weighted by Crippen LogP contribution is -2.16. The van der Waals surface area contributed by atoms with Gasteiger partial charge in [-0.2, -0.15) is 0 Å². The zero-order valence-electron chi connectivity index (χ0n) is 13.2. The van der Waals surface area contributed by atoms with Gasteiger partial charge in [0.05, 0.1) is 7.18 Å². The minimum absolute atomic E-state index is 0.500. The number of halogens is 1. The van der Waals surface area contributed by atoms with Crippen molar-refractivity contribution in [3.05, 3.63) is 0 Å². The summed E-state index contributed by atoms with van der Waals surface area (Å²) in [6, 6.07) is 0. The van der Waals surface area contributed by atoms with Crippen molar-refractivity contribution in [2.24, 2.45) is 11.8 Å². The molecule has 0 N–H and O–H groups in total. The number of alkyl halides is 1. The van der Waals surface area contributed by atoms with Gasteiger partial charge < -0.3 is 4.74 Å². The Morgan fingerprint density at radius 1 is 0.706 bits per heavy atom. The summed E-state index contributed by atoms with van der Waals surface area (Å²) >= 11 is 0. The first-order valence-corrected chi connectivity index (χ1v) is 7.42. The number of ether oxygens (including phenoxy) is 1. The summed E-state index contributed by atoms with van der Waals surface area (Å²) in [5, 5.41) is 0. The van der Waals surface area contributed by atoms with Crippen molar-refractivity contribution in [1.82, 2.24) is 0 Å². The third-order valence-electron chi connectivity index (χ3n) is 2.73. The van der Waals surface area contributed by atoms with Crippen molar-refractivity contribution in [3.63, 3.8) is 0 Å². The fourth-order valence-electron chi connectivity index (χ4n) is 2.09. The first-order chi connectivity index (χ1) is 8.47. The third kappa shape index (κ3) is 10.7. The molecule has 0 aromatic rings. The summed E-state index contributed by atoms with van der Waals surface area (Å²) in [6.45, 7) is 14.1. The lowest BCUT2D eigenvalue weighted by Gasteiger charge is -2.22. The van der Waals surface area contributed by atoms with Gasteiger partial charge in [0.15, 0.2) is 0 Å². The van der Waals surface area contributed by atoms with Crippen molar-refractivity contribution in [1.29, 1.82) is 0 Å². The van der Waals surface area contributed by atoms with Crippen LogP contribution in [-0.4, -0.2) is 20.4 Å². The molecular formula is C15H35FO. The first kappa shape index (κ1) is 22.1. The molecule has 2 heteroatoms. The molecule has 2 fully saturated rings. The minimum atomic E-state index is 0.500. The van der Waals surface area contributed by atoms with Gasteiger partial charge >= 0.3 is 0 Å². The molecule has 2 atom stereocenters. The van der Waals surface area contributed by atoms with Crippen LogP contribution in [0.1, 0.15) is 67.2 Å². The van der Waals surface area contributed by atoms with Gasteiger partial charge in [-0.1, -0.05) is 54.4 Å². The second kappa shape index (κ2) is 21.2. The van der Waals surface area contributed by atoms with Crippen LogP contribution in [0.3, 0.4) is 0 Å². The van der Waals surface area contributed by atoms with Gasteiger partial charge in [0.2, 0.25) is 0 Å². The highest BCUT2D eigenvalue weighted by Crippen LogP contribution is 2.34. The molecule has 0 aromatic heterocycles. The Hall–Kier alpha value is -0.110. The Labute approximate surface area is 109 Å². The van der Waals surface area contributed by atoms with Crippen LogP contribution in [0, 0.1) is 11.8 Å². The van der Waals surface area contributed by atoms with Crippen LogP contribution in [0.25, 0.3) is 0 Å². The molecule has 2 unspecified atom stereocenters. The minimum Gasteiger partial charge on any atom is -0.381 e. The summed E-state index contributed by atoms with van der Waals surface area (Å²) in [7, 11) is 0.500. The molecular weight excluding hydrogens is 215 g/mol. The van der Waals surface area contributed by atoms with Crippen LogP contribution < -0.4 is 0 Å². The molecule has 0 bridgehead atoms. The number of fused-ring (bicyclic) bond motifs is 1. The average Bonchev–Trinajstić information content (AvgIpc) is 2.96. The molecule has 2 rings (SSSR count). The molecule has 1 saturated carbocycles. The van der Waals surface area contributed by atoms with Crippen LogP contribution in [0.4, 0.5) is 4.39 Å². The van der Waals surface area contributed by atoms with Gasteiger partial charge in [0, 0.05) is 13.2 Å². The first-order valence-electron chi connectivity index (χ1n) is 7.42. The predicted molar refractivity (Wildman–Crippen MR) is 77.3 cm³/mol. The zero-order chi connectivity index (χ0) is 14.1. The summed E-state index contributed by atoms with van der Waals surface area (Å²) in [6.07, 6.45) is 5.77. The van der Waals surface area contributed by atoms with E-state index < -0.39 is 0 Å². The zero-order valence-corrected chi connectivity index (χ0v) is 13.2. The molecule has 0 radical (unpaired) electrons. The van der Waals surface area contributed by atoms with E-state index in [0.717, 1.165) is 25.0 Å². The number of rotatable bonds is 0. The van der Waals surface area contributed by atoms with E-state index in [-0.39, 0.29) is 0 Å². The quantitative estimate of drug-likeness (QED) is 0.552. The number of hydrogen-bond donors (Lipinski definition) is 0. The van der Waals surface area contributed by atoms with Crippen molar-refractivity contribution >= 4 is 0 Å². The van der Waals surface area contributed by atoms with Crippen molar-refractivity contribution in [3.8, 4) is 0 Å². The van der Waals surface area contributed by atoms with E-state index in [1.807, 2.05) is 41.5 Å². The fourth-order valence-corrected chi connectivity index (χ4v) is 2.09. The number of hydrogen-bond acceptors (Lipinski definition) is 1. The molecule has 0 aromatic carbocycles. The SMILES string of the molecule is C1CCC2COCC2C1.CC.CC.CC.CF. The molecule has 1 heterocycles. The Balaban J connectivity index is -0.000000212. The van der Waals surface area contributed by atoms with Crippen LogP contribution >= 0.6 is 0 Å². The van der Waals surface area contributed by atoms with Gasteiger partial charge in [-0.3, -0.25) is 4.39 Å². The van der Waals surface area contributed by atoms with Crippen molar-refractivity contribution < 1.29 is 9.13 Å². The molecule has 1 nitrogen and oxygen atoms in total. The van der Waals surface area contributed by atoms with Crippen LogP contribution in [0.2, 0.25) is 0 Å². The lowest BCUT2D eigenvalue weighted by atomic mass is 9.82. The fraction of sp³-hybridized carbons (Fsp3) is 1.00. The molecule has 1 aliphatic heterocycles. The van der Waals surface area contributed by atoms with Crippen LogP contribution in [0.5, 0.6) is 0 Å². The maximum atomic E-state index is 9.50. The van der Waals surface area contributed by atoms with E-state index in [1.165, 1.54) is 25.7 Å². The van der Waals surface area contributed by atoms with E-state index in [0.29, 0.717) is 7.18 Å². The molecule has 1 aliphatic carbocycles. The Morgan fingerprint density at radius 3 is 1.29 bits per heavy atom. The van der Waals surface area contributed by atoms with E-state index in [1.54, 1.807) is 0 Å². The molecule has 2 aliphatic rings.